The number of aromatic nitrogens is 2. The van der Waals surface area contributed by atoms with Crippen LogP contribution >= 0.6 is 0 Å². The van der Waals surface area contributed by atoms with Gasteiger partial charge in [0.2, 0.25) is 5.89 Å². The van der Waals surface area contributed by atoms with Crippen molar-refractivity contribution < 1.29 is 41.1 Å². The normalized spacial score (nSPS) is 18.8. The van der Waals surface area contributed by atoms with Crippen molar-refractivity contribution in [2.45, 2.75) is 51.3 Å². The SMILES string of the molecule is CCCCOC(=O)N1CC(c2ccc(OC(F)(F)F)c(F)c2)CC(c2nc(OCC)no2)C1. The molecule has 0 aliphatic carbocycles. The summed E-state index contributed by atoms with van der Waals surface area (Å²) in [7, 11) is 0. The van der Waals surface area contributed by atoms with E-state index in [2.05, 4.69) is 14.9 Å². The maximum atomic E-state index is 14.3. The van der Waals surface area contributed by atoms with Crippen molar-refractivity contribution in [3.05, 3.63) is 35.5 Å². The monoisotopic (exact) mass is 475 g/mol. The minimum absolute atomic E-state index is 0.0615. The molecule has 2 aromatic rings. The number of carbonyl (C=O) groups is 1. The highest BCUT2D eigenvalue weighted by Crippen LogP contribution is 2.37. The number of alkyl halides is 3. The van der Waals surface area contributed by atoms with Gasteiger partial charge in [-0.15, -0.1) is 13.2 Å². The lowest BCUT2D eigenvalue weighted by Crippen LogP contribution is -2.43. The second kappa shape index (κ2) is 10.7. The number of benzene rings is 1. The Hall–Kier alpha value is -3.05. The molecule has 1 amide bonds. The van der Waals surface area contributed by atoms with E-state index in [0.29, 0.717) is 25.0 Å². The van der Waals surface area contributed by atoms with Crippen molar-refractivity contribution >= 4 is 6.09 Å². The molecule has 2 unspecified atom stereocenters. The number of nitrogens with zero attached hydrogens (tertiary/aromatic N) is 3. The van der Waals surface area contributed by atoms with Crippen molar-refractivity contribution in [3.63, 3.8) is 0 Å². The van der Waals surface area contributed by atoms with Gasteiger partial charge in [0.05, 0.1) is 19.1 Å². The third-order valence-electron chi connectivity index (χ3n) is 5.13. The molecule has 1 aliphatic rings. The molecule has 0 spiro atoms. The van der Waals surface area contributed by atoms with E-state index < -0.39 is 35.9 Å². The summed E-state index contributed by atoms with van der Waals surface area (Å²) in [6, 6.07) is 3.31. The Morgan fingerprint density at radius 1 is 1.24 bits per heavy atom. The van der Waals surface area contributed by atoms with Gasteiger partial charge in [-0.2, -0.15) is 4.98 Å². The van der Waals surface area contributed by atoms with Gasteiger partial charge in [-0.05, 0) is 42.6 Å². The van der Waals surface area contributed by atoms with E-state index in [-0.39, 0.29) is 31.6 Å². The Morgan fingerprint density at radius 3 is 2.67 bits per heavy atom. The maximum absolute atomic E-state index is 14.3. The van der Waals surface area contributed by atoms with Gasteiger partial charge in [0, 0.05) is 19.0 Å². The van der Waals surface area contributed by atoms with Crippen molar-refractivity contribution in [3.8, 4) is 11.8 Å². The molecule has 1 aromatic carbocycles. The quantitative estimate of drug-likeness (QED) is 0.392. The molecule has 1 fully saturated rings. The first kappa shape index (κ1) is 24.6. The number of ether oxygens (including phenoxy) is 3. The summed E-state index contributed by atoms with van der Waals surface area (Å²) in [5, 5.41) is 3.74. The number of hydrogen-bond donors (Lipinski definition) is 0. The molecule has 1 saturated heterocycles. The Kier molecular flexibility index (Phi) is 7.98. The summed E-state index contributed by atoms with van der Waals surface area (Å²) in [5.41, 5.74) is 0.405. The molecule has 0 bridgehead atoms. The predicted octanol–water partition coefficient (Wildman–Crippen LogP) is 5.02. The third-order valence-corrected chi connectivity index (χ3v) is 5.13. The molecule has 3 rings (SSSR count). The summed E-state index contributed by atoms with van der Waals surface area (Å²) < 4.78 is 71.2. The fourth-order valence-corrected chi connectivity index (χ4v) is 3.62. The number of rotatable bonds is 8. The van der Waals surface area contributed by atoms with E-state index >= 15 is 0 Å². The number of piperidine rings is 1. The molecule has 1 aromatic heterocycles. The number of hydrogen-bond acceptors (Lipinski definition) is 7. The second-order valence-electron chi connectivity index (χ2n) is 7.59. The topological polar surface area (TPSA) is 86.9 Å². The zero-order valence-corrected chi connectivity index (χ0v) is 18.2. The van der Waals surface area contributed by atoms with E-state index in [4.69, 9.17) is 14.0 Å². The number of carbonyl (C=O) groups excluding carboxylic acids is 1. The Bertz CT molecular complexity index is 937. The van der Waals surface area contributed by atoms with Crippen LogP contribution in [0.2, 0.25) is 0 Å². The van der Waals surface area contributed by atoms with Crippen LogP contribution in [-0.2, 0) is 4.74 Å². The first-order valence-electron chi connectivity index (χ1n) is 10.6. The Morgan fingerprint density at radius 2 is 2.00 bits per heavy atom. The van der Waals surface area contributed by atoms with Gasteiger partial charge < -0.3 is 23.6 Å². The van der Waals surface area contributed by atoms with Crippen LogP contribution in [0.1, 0.15) is 56.4 Å². The van der Waals surface area contributed by atoms with Gasteiger partial charge in [-0.1, -0.05) is 19.4 Å². The fourth-order valence-electron chi connectivity index (χ4n) is 3.62. The molecule has 2 atom stereocenters. The number of halogens is 4. The highest BCUT2D eigenvalue weighted by molar-refractivity contribution is 5.68. The lowest BCUT2D eigenvalue weighted by molar-refractivity contribution is -0.275. The molecule has 0 N–H and O–H groups in total. The maximum Gasteiger partial charge on any atom is 0.573 e. The van der Waals surface area contributed by atoms with E-state index in [9.17, 15) is 22.4 Å². The molecule has 182 valence electrons. The summed E-state index contributed by atoms with van der Waals surface area (Å²) >= 11 is 0. The van der Waals surface area contributed by atoms with Crippen LogP contribution in [-0.4, -0.2) is 53.8 Å². The molecule has 12 heteroatoms. The van der Waals surface area contributed by atoms with E-state index in [1.165, 1.54) is 11.0 Å². The smallest absolute Gasteiger partial charge is 0.462 e. The number of amides is 1. The molecule has 8 nitrogen and oxygen atoms in total. The number of unbranched alkanes of at least 4 members (excludes halogenated alkanes) is 1. The van der Waals surface area contributed by atoms with Crippen molar-refractivity contribution in [1.29, 1.82) is 0 Å². The van der Waals surface area contributed by atoms with Crippen molar-refractivity contribution in [1.82, 2.24) is 15.0 Å². The molecular weight excluding hydrogens is 450 g/mol. The number of likely N-dealkylation sites (tertiary alicyclic amines) is 1. The predicted molar refractivity (Wildman–Crippen MR) is 106 cm³/mol. The van der Waals surface area contributed by atoms with Crippen LogP contribution in [0.3, 0.4) is 0 Å². The lowest BCUT2D eigenvalue weighted by Gasteiger charge is -2.36. The van der Waals surface area contributed by atoms with Crippen molar-refractivity contribution in [2.24, 2.45) is 0 Å². The van der Waals surface area contributed by atoms with Crippen LogP contribution < -0.4 is 9.47 Å². The Balaban J connectivity index is 1.82. The largest absolute Gasteiger partial charge is 0.573 e. The van der Waals surface area contributed by atoms with E-state index in [1.807, 2.05) is 6.92 Å². The van der Waals surface area contributed by atoms with Crippen LogP contribution in [0.25, 0.3) is 0 Å². The summed E-state index contributed by atoms with van der Waals surface area (Å²) in [6.45, 7) is 4.75. The van der Waals surface area contributed by atoms with E-state index in [0.717, 1.165) is 18.6 Å². The standard InChI is InChI=1S/C21H25F4N3O5/c1-3-5-8-31-20(29)28-11-14(9-15(12-28)18-26-19(27-33-18)30-4-2)13-6-7-17(16(22)10-13)32-21(23,24)25/h6-7,10,14-15H,3-5,8-9,11-12H2,1-2H3. The molecule has 0 saturated carbocycles. The first-order valence-corrected chi connectivity index (χ1v) is 10.6. The summed E-state index contributed by atoms with van der Waals surface area (Å²) in [6.07, 6.45) is -3.59. The van der Waals surface area contributed by atoms with Gasteiger partial charge >= 0.3 is 18.5 Å². The third kappa shape index (κ3) is 6.72. The van der Waals surface area contributed by atoms with Gasteiger partial charge in [0.25, 0.3) is 0 Å². The van der Waals surface area contributed by atoms with Gasteiger partial charge in [-0.3, -0.25) is 0 Å². The molecular formula is C21H25F4N3O5. The summed E-state index contributed by atoms with van der Waals surface area (Å²) in [5.74, 6) is -2.65. The summed E-state index contributed by atoms with van der Waals surface area (Å²) in [4.78, 5) is 18.3. The Labute approximate surface area is 187 Å². The first-order chi connectivity index (χ1) is 15.7. The average molecular weight is 475 g/mol. The van der Waals surface area contributed by atoms with Gasteiger partial charge in [0.15, 0.2) is 11.6 Å². The minimum atomic E-state index is -5.01. The highest BCUT2D eigenvalue weighted by atomic mass is 19.4. The average Bonchev–Trinajstić information content (AvgIpc) is 3.23. The van der Waals surface area contributed by atoms with Gasteiger partial charge in [-0.25, -0.2) is 9.18 Å². The highest BCUT2D eigenvalue weighted by Gasteiger charge is 2.36. The van der Waals surface area contributed by atoms with Crippen LogP contribution in [0, 0.1) is 5.82 Å². The van der Waals surface area contributed by atoms with Crippen molar-refractivity contribution in [2.75, 3.05) is 26.3 Å². The molecule has 0 radical (unpaired) electrons. The van der Waals surface area contributed by atoms with Crippen LogP contribution in [0.15, 0.2) is 22.7 Å². The molecule has 33 heavy (non-hydrogen) atoms. The zero-order valence-electron chi connectivity index (χ0n) is 18.2. The van der Waals surface area contributed by atoms with Gasteiger partial charge in [0.1, 0.15) is 0 Å². The fraction of sp³-hybridized carbons (Fsp3) is 0.571. The second-order valence-corrected chi connectivity index (χ2v) is 7.59. The van der Waals surface area contributed by atoms with Crippen LogP contribution in [0.4, 0.5) is 22.4 Å². The molecule has 1 aliphatic heterocycles. The lowest BCUT2D eigenvalue weighted by atomic mass is 9.84. The minimum Gasteiger partial charge on any atom is -0.462 e. The van der Waals surface area contributed by atoms with E-state index in [1.54, 1.807) is 6.92 Å². The van der Waals surface area contributed by atoms with Crippen LogP contribution in [0.5, 0.6) is 11.8 Å². The molecule has 2 heterocycles. The zero-order chi connectivity index (χ0) is 24.0.